The van der Waals surface area contributed by atoms with Gasteiger partial charge in [-0.3, -0.25) is 4.79 Å². The molecule has 1 aliphatic carbocycles. The number of aliphatic hydroxyl groups is 1. The molecule has 0 bridgehead atoms. The maximum atomic E-state index is 11.6. The first kappa shape index (κ1) is 11.6. The monoisotopic (exact) mass is 223 g/mol. The van der Waals surface area contributed by atoms with Crippen LogP contribution in [0.5, 0.6) is 0 Å². The average Bonchev–Trinajstić information content (AvgIpc) is 2.62. The van der Waals surface area contributed by atoms with Crippen LogP contribution in [-0.4, -0.2) is 22.2 Å². The van der Waals surface area contributed by atoms with E-state index in [0.717, 1.165) is 32.1 Å². The predicted molar refractivity (Wildman–Crippen MR) is 62.9 cm³/mol. The number of carbonyl (C=O) groups is 1. The average molecular weight is 223 g/mol. The minimum absolute atomic E-state index is 0.113. The number of hydrogen-bond acceptors (Lipinski definition) is 2. The van der Waals surface area contributed by atoms with Crippen LogP contribution in [0.2, 0.25) is 0 Å². The lowest BCUT2D eigenvalue weighted by molar-refractivity contribution is -0.127. The van der Waals surface area contributed by atoms with E-state index in [9.17, 15) is 9.90 Å². The van der Waals surface area contributed by atoms with Crippen LogP contribution >= 0.6 is 0 Å². The van der Waals surface area contributed by atoms with Crippen molar-refractivity contribution in [2.24, 2.45) is 5.92 Å². The molecule has 16 heavy (non-hydrogen) atoms. The van der Waals surface area contributed by atoms with Gasteiger partial charge in [0.1, 0.15) is 0 Å². The van der Waals surface area contributed by atoms with Gasteiger partial charge in [-0.2, -0.15) is 0 Å². The van der Waals surface area contributed by atoms with E-state index in [2.05, 4.69) is 11.9 Å². The Kier molecular flexibility index (Phi) is 2.82. The Morgan fingerprint density at radius 2 is 2.25 bits per heavy atom. The van der Waals surface area contributed by atoms with Gasteiger partial charge in [-0.25, -0.2) is 0 Å². The molecule has 0 radical (unpaired) electrons. The zero-order valence-corrected chi connectivity index (χ0v) is 9.96. The van der Waals surface area contributed by atoms with Crippen molar-refractivity contribution < 1.29 is 9.90 Å². The molecule has 2 fully saturated rings. The van der Waals surface area contributed by atoms with Crippen molar-refractivity contribution in [3.8, 4) is 0 Å². The van der Waals surface area contributed by atoms with Crippen LogP contribution < -0.4 is 5.32 Å². The highest BCUT2D eigenvalue weighted by molar-refractivity contribution is 5.77. The highest BCUT2D eigenvalue weighted by Gasteiger charge is 2.51. The second-order valence-corrected chi connectivity index (χ2v) is 5.43. The summed E-state index contributed by atoms with van der Waals surface area (Å²) >= 11 is 0. The van der Waals surface area contributed by atoms with Gasteiger partial charge in [-0.05, 0) is 32.6 Å². The molecular formula is C13H21NO2. The Labute approximate surface area is 96.9 Å². The van der Waals surface area contributed by atoms with Crippen LogP contribution in [0.15, 0.2) is 12.7 Å². The maximum absolute atomic E-state index is 11.6. The second-order valence-electron chi connectivity index (χ2n) is 5.43. The minimum atomic E-state index is -0.874. The van der Waals surface area contributed by atoms with Crippen LogP contribution in [-0.2, 0) is 4.79 Å². The first-order chi connectivity index (χ1) is 7.50. The standard InChI is InChI=1S/C13H21NO2/c1-3-12(2,16)10-6-4-8-13(10)9-5-7-11(15)14-13/h3,10,16H,1,4-9H2,2H3,(H,14,15)/t10-,12?,13-/m1/s1. The number of amides is 1. The normalized spacial score (nSPS) is 38.1. The van der Waals surface area contributed by atoms with Gasteiger partial charge < -0.3 is 10.4 Å². The molecule has 1 heterocycles. The molecule has 3 atom stereocenters. The van der Waals surface area contributed by atoms with Crippen molar-refractivity contribution in [1.82, 2.24) is 5.32 Å². The van der Waals surface area contributed by atoms with Crippen LogP contribution in [0.4, 0.5) is 0 Å². The van der Waals surface area contributed by atoms with E-state index < -0.39 is 5.60 Å². The zero-order chi connectivity index (χ0) is 11.8. The number of piperidine rings is 1. The van der Waals surface area contributed by atoms with Crippen molar-refractivity contribution >= 4 is 5.91 Å². The van der Waals surface area contributed by atoms with Gasteiger partial charge in [-0.1, -0.05) is 12.5 Å². The third kappa shape index (κ3) is 1.77. The fourth-order valence-corrected chi connectivity index (χ4v) is 3.48. The minimum Gasteiger partial charge on any atom is -0.386 e. The van der Waals surface area contributed by atoms with Crippen molar-refractivity contribution in [3.63, 3.8) is 0 Å². The van der Waals surface area contributed by atoms with Gasteiger partial charge in [0.05, 0.1) is 5.60 Å². The molecule has 0 aromatic carbocycles. The number of carbonyl (C=O) groups excluding carboxylic acids is 1. The van der Waals surface area contributed by atoms with Crippen molar-refractivity contribution in [1.29, 1.82) is 0 Å². The van der Waals surface area contributed by atoms with Gasteiger partial charge in [0.2, 0.25) is 5.91 Å². The highest BCUT2D eigenvalue weighted by atomic mass is 16.3. The summed E-state index contributed by atoms with van der Waals surface area (Å²) in [5, 5.41) is 13.5. The Balaban J connectivity index is 2.25. The first-order valence-electron chi connectivity index (χ1n) is 6.17. The molecule has 1 amide bonds. The van der Waals surface area contributed by atoms with Gasteiger partial charge in [-0.15, -0.1) is 6.58 Å². The molecule has 1 aliphatic heterocycles. The van der Waals surface area contributed by atoms with E-state index >= 15 is 0 Å². The lowest BCUT2D eigenvalue weighted by Crippen LogP contribution is -2.58. The Morgan fingerprint density at radius 3 is 2.88 bits per heavy atom. The molecule has 2 rings (SSSR count). The van der Waals surface area contributed by atoms with Crippen LogP contribution in [0, 0.1) is 5.92 Å². The van der Waals surface area contributed by atoms with E-state index in [1.807, 2.05) is 0 Å². The molecule has 2 N–H and O–H groups in total. The van der Waals surface area contributed by atoms with E-state index in [4.69, 9.17) is 0 Å². The summed E-state index contributed by atoms with van der Waals surface area (Å²) < 4.78 is 0. The molecule has 1 saturated carbocycles. The quantitative estimate of drug-likeness (QED) is 0.701. The number of nitrogens with one attached hydrogen (secondary N) is 1. The van der Waals surface area contributed by atoms with Crippen molar-refractivity contribution in [3.05, 3.63) is 12.7 Å². The van der Waals surface area contributed by atoms with E-state index in [-0.39, 0.29) is 17.4 Å². The largest absolute Gasteiger partial charge is 0.386 e. The topological polar surface area (TPSA) is 49.3 Å². The molecule has 1 spiro atoms. The van der Waals surface area contributed by atoms with Crippen molar-refractivity contribution in [2.45, 2.75) is 56.6 Å². The fraction of sp³-hybridized carbons (Fsp3) is 0.769. The van der Waals surface area contributed by atoms with Gasteiger partial charge in [0.25, 0.3) is 0 Å². The molecule has 0 aromatic heterocycles. The van der Waals surface area contributed by atoms with E-state index in [1.165, 1.54) is 0 Å². The second kappa shape index (κ2) is 3.88. The maximum Gasteiger partial charge on any atom is 0.220 e. The predicted octanol–water partition coefficient (Wildman–Crippen LogP) is 1.76. The third-order valence-corrected chi connectivity index (χ3v) is 4.32. The van der Waals surface area contributed by atoms with Crippen molar-refractivity contribution in [2.75, 3.05) is 0 Å². The molecule has 1 unspecified atom stereocenters. The highest BCUT2D eigenvalue weighted by Crippen LogP contribution is 2.46. The summed E-state index contributed by atoms with van der Waals surface area (Å²) in [5.74, 6) is 0.250. The summed E-state index contributed by atoms with van der Waals surface area (Å²) in [7, 11) is 0. The van der Waals surface area contributed by atoms with Gasteiger partial charge in [0, 0.05) is 17.9 Å². The van der Waals surface area contributed by atoms with E-state index in [1.54, 1.807) is 13.0 Å². The lowest BCUT2D eigenvalue weighted by Gasteiger charge is -2.44. The van der Waals surface area contributed by atoms with Crippen LogP contribution in [0.25, 0.3) is 0 Å². The Hall–Kier alpha value is -0.830. The Morgan fingerprint density at radius 1 is 1.56 bits per heavy atom. The fourth-order valence-electron chi connectivity index (χ4n) is 3.48. The zero-order valence-electron chi connectivity index (χ0n) is 9.96. The van der Waals surface area contributed by atoms with E-state index in [0.29, 0.717) is 6.42 Å². The summed E-state index contributed by atoms with van der Waals surface area (Å²) in [5.41, 5.74) is -1.05. The summed E-state index contributed by atoms with van der Waals surface area (Å²) in [6.07, 6.45) is 7.22. The molecule has 3 nitrogen and oxygen atoms in total. The van der Waals surface area contributed by atoms with Crippen LogP contribution in [0.1, 0.15) is 45.4 Å². The smallest absolute Gasteiger partial charge is 0.220 e. The molecule has 1 saturated heterocycles. The lowest BCUT2D eigenvalue weighted by atomic mass is 9.72. The van der Waals surface area contributed by atoms with Crippen LogP contribution in [0.3, 0.4) is 0 Å². The number of rotatable bonds is 2. The Bertz CT molecular complexity index is 311. The first-order valence-corrected chi connectivity index (χ1v) is 6.17. The number of hydrogen-bond donors (Lipinski definition) is 2. The van der Waals surface area contributed by atoms with Gasteiger partial charge in [0.15, 0.2) is 0 Å². The molecule has 2 aliphatic rings. The van der Waals surface area contributed by atoms with Gasteiger partial charge >= 0.3 is 0 Å². The summed E-state index contributed by atoms with van der Waals surface area (Å²) in [6.45, 7) is 5.52. The molecule has 0 aromatic rings. The summed E-state index contributed by atoms with van der Waals surface area (Å²) in [6, 6.07) is 0. The molecular weight excluding hydrogens is 202 g/mol. The summed E-state index contributed by atoms with van der Waals surface area (Å²) in [4.78, 5) is 11.6. The molecule has 3 heteroatoms. The SMILES string of the molecule is C=CC(C)(O)[C@H]1CCC[C@@]12CCCC(=O)N2. The molecule has 90 valence electrons. The third-order valence-electron chi connectivity index (χ3n) is 4.32.